The highest BCUT2D eigenvalue weighted by atomic mass is 16.5. The van der Waals surface area contributed by atoms with E-state index in [1.54, 1.807) is 6.92 Å². The molecule has 0 spiro atoms. The molecule has 0 saturated heterocycles. The lowest BCUT2D eigenvalue weighted by Gasteiger charge is -2.30. The average Bonchev–Trinajstić information content (AvgIpc) is 2.65. The number of carbonyl (C=O) groups is 1. The predicted molar refractivity (Wildman–Crippen MR) is 78.0 cm³/mol. The van der Waals surface area contributed by atoms with Crippen LogP contribution in [0.3, 0.4) is 0 Å². The molecule has 0 aromatic rings. The number of nitrogens with zero attached hydrogens (tertiary/aromatic N) is 1. The monoisotopic (exact) mass is 270 g/mol. The first-order chi connectivity index (χ1) is 8.97. The van der Waals surface area contributed by atoms with Crippen LogP contribution in [0.5, 0.6) is 0 Å². The van der Waals surface area contributed by atoms with Gasteiger partial charge in [0.15, 0.2) is 0 Å². The van der Waals surface area contributed by atoms with Crippen LogP contribution >= 0.6 is 0 Å². The molecule has 0 heterocycles. The van der Waals surface area contributed by atoms with Crippen LogP contribution in [0.4, 0.5) is 0 Å². The number of rotatable bonds is 6. The predicted octanol–water partition coefficient (Wildman–Crippen LogP) is 2.31. The molecule has 19 heavy (non-hydrogen) atoms. The molecule has 0 aromatic carbocycles. The van der Waals surface area contributed by atoms with Crippen LogP contribution in [0, 0.1) is 0 Å². The molecule has 0 aliphatic heterocycles. The topological polar surface area (TPSA) is 55.6 Å². The highest BCUT2D eigenvalue weighted by molar-refractivity contribution is 5.79. The molecule has 0 aromatic heterocycles. The van der Waals surface area contributed by atoms with Crippen molar-refractivity contribution in [3.05, 3.63) is 0 Å². The molecule has 4 heteroatoms. The zero-order chi connectivity index (χ0) is 14.3. The summed E-state index contributed by atoms with van der Waals surface area (Å²) < 4.78 is 5.02. The summed E-state index contributed by atoms with van der Waals surface area (Å²) in [6, 6.07) is 0.653. The summed E-state index contributed by atoms with van der Waals surface area (Å²) in [7, 11) is 2.15. The van der Waals surface area contributed by atoms with Gasteiger partial charge in [-0.15, -0.1) is 0 Å². The second kappa shape index (κ2) is 7.85. The summed E-state index contributed by atoms with van der Waals surface area (Å²) in [5.41, 5.74) is 5.19. The average molecular weight is 270 g/mol. The maximum Gasteiger partial charge on any atom is 0.325 e. The Labute approximate surface area is 117 Å². The van der Waals surface area contributed by atoms with Crippen molar-refractivity contribution in [2.24, 2.45) is 5.73 Å². The Hall–Kier alpha value is -0.610. The number of esters is 1. The Bertz CT molecular complexity index is 271. The van der Waals surface area contributed by atoms with E-state index in [1.165, 1.54) is 38.5 Å². The molecule has 1 rings (SSSR count). The Morgan fingerprint density at radius 3 is 2.42 bits per heavy atom. The molecule has 0 radical (unpaired) electrons. The zero-order valence-corrected chi connectivity index (χ0v) is 12.8. The highest BCUT2D eigenvalue weighted by Crippen LogP contribution is 2.22. The van der Waals surface area contributed by atoms with Gasteiger partial charge in [0, 0.05) is 12.6 Å². The first kappa shape index (κ1) is 16.4. The van der Waals surface area contributed by atoms with Crippen molar-refractivity contribution < 1.29 is 9.53 Å². The fourth-order valence-electron chi connectivity index (χ4n) is 2.69. The van der Waals surface area contributed by atoms with E-state index in [2.05, 4.69) is 11.9 Å². The van der Waals surface area contributed by atoms with E-state index in [9.17, 15) is 4.79 Å². The SMILES string of the molecule is CCOC(=O)C(C)(N)CCN(C)C1CCCCCC1. The van der Waals surface area contributed by atoms with Crippen LogP contribution in [0.2, 0.25) is 0 Å². The van der Waals surface area contributed by atoms with E-state index in [4.69, 9.17) is 10.5 Å². The van der Waals surface area contributed by atoms with Gasteiger partial charge in [-0.05, 0) is 40.2 Å². The van der Waals surface area contributed by atoms with Gasteiger partial charge in [0.2, 0.25) is 0 Å². The number of nitrogens with two attached hydrogens (primary N) is 1. The molecule has 0 amide bonds. The quantitative estimate of drug-likeness (QED) is 0.594. The summed E-state index contributed by atoms with van der Waals surface area (Å²) in [5.74, 6) is -0.288. The van der Waals surface area contributed by atoms with Crippen LogP contribution in [0.1, 0.15) is 58.8 Å². The van der Waals surface area contributed by atoms with E-state index in [0.717, 1.165) is 6.54 Å². The second-order valence-electron chi connectivity index (χ2n) is 6.01. The van der Waals surface area contributed by atoms with Gasteiger partial charge < -0.3 is 15.4 Å². The lowest BCUT2D eigenvalue weighted by Crippen LogP contribution is -2.49. The first-order valence-electron chi connectivity index (χ1n) is 7.63. The molecule has 1 aliphatic carbocycles. The largest absolute Gasteiger partial charge is 0.465 e. The first-order valence-corrected chi connectivity index (χ1v) is 7.63. The fourth-order valence-corrected chi connectivity index (χ4v) is 2.69. The van der Waals surface area contributed by atoms with Crippen LogP contribution in [-0.2, 0) is 9.53 Å². The Morgan fingerprint density at radius 2 is 1.89 bits per heavy atom. The minimum atomic E-state index is -0.866. The van der Waals surface area contributed by atoms with Crippen molar-refractivity contribution in [3.8, 4) is 0 Å². The molecule has 1 aliphatic rings. The van der Waals surface area contributed by atoms with E-state index in [1.807, 2.05) is 6.92 Å². The molecule has 1 fully saturated rings. The minimum absolute atomic E-state index is 0.288. The van der Waals surface area contributed by atoms with Crippen LogP contribution in [0.15, 0.2) is 0 Å². The lowest BCUT2D eigenvalue weighted by molar-refractivity contribution is -0.149. The molecule has 112 valence electrons. The zero-order valence-electron chi connectivity index (χ0n) is 12.8. The van der Waals surface area contributed by atoms with Crippen molar-refractivity contribution in [2.75, 3.05) is 20.2 Å². The number of hydrogen-bond acceptors (Lipinski definition) is 4. The van der Waals surface area contributed by atoms with Gasteiger partial charge in [-0.2, -0.15) is 0 Å². The summed E-state index contributed by atoms with van der Waals surface area (Å²) in [6.07, 6.45) is 8.58. The van der Waals surface area contributed by atoms with Crippen LogP contribution < -0.4 is 5.73 Å². The van der Waals surface area contributed by atoms with Gasteiger partial charge in [0.1, 0.15) is 5.54 Å². The molecular formula is C15H30N2O2. The third-order valence-electron chi connectivity index (χ3n) is 4.17. The van der Waals surface area contributed by atoms with Crippen LogP contribution in [0.25, 0.3) is 0 Å². The summed E-state index contributed by atoms with van der Waals surface area (Å²) in [6.45, 7) is 4.83. The van der Waals surface area contributed by atoms with E-state index >= 15 is 0 Å². The third-order valence-corrected chi connectivity index (χ3v) is 4.17. The van der Waals surface area contributed by atoms with Crippen molar-refractivity contribution >= 4 is 5.97 Å². The summed E-state index contributed by atoms with van der Waals surface area (Å²) >= 11 is 0. The molecular weight excluding hydrogens is 240 g/mol. The summed E-state index contributed by atoms with van der Waals surface area (Å²) in [5, 5.41) is 0. The molecule has 0 bridgehead atoms. The van der Waals surface area contributed by atoms with Gasteiger partial charge in [-0.1, -0.05) is 25.7 Å². The van der Waals surface area contributed by atoms with E-state index in [0.29, 0.717) is 19.1 Å². The van der Waals surface area contributed by atoms with E-state index in [-0.39, 0.29) is 5.97 Å². The Kier molecular flexibility index (Phi) is 6.80. The Balaban J connectivity index is 2.39. The van der Waals surface area contributed by atoms with Crippen molar-refractivity contribution in [3.63, 3.8) is 0 Å². The fraction of sp³-hybridized carbons (Fsp3) is 0.933. The second-order valence-corrected chi connectivity index (χ2v) is 6.01. The van der Waals surface area contributed by atoms with Gasteiger partial charge in [0.25, 0.3) is 0 Å². The summed E-state index contributed by atoms with van der Waals surface area (Å²) in [4.78, 5) is 14.1. The van der Waals surface area contributed by atoms with Gasteiger partial charge in [0.05, 0.1) is 6.61 Å². The number of ether oxygens (including phenoxy) is 1. The van der Waals surface area contributed by atoms with Gasteiger partial charge in [-0.25, -0.2) is 0 Å². The van der Waals surface area contributed by atoms with Crippen molar-refractivity contribution in [2.45, 2.75) is 70.4 Å². The number of hydrogen-bond donors (Lipinski definition) is 1. The van der Waals surface area contributed by atoms with Gasteiger partial charge in [-0.3, -0.25) is 4.79 Å². The number of carbonyl (C=O) groups excluding carboxylic acids is 1. The molecule has 1 saturated carbocycles. The van der Waals surface area contributed by atoms with Crippen LogP contribution in [-0.4, -0.2) is 42.6 Å². The molecule has 1 atom stereocenters. The molecule has 2 N–H and O–H groups in total. The normalized spacial score (nSPS) is 20.9. The maximum atomic E-state index is 11.7. The standard InChI is InChI=1S/C15H30N2O2/c1-4-19-14(18)15(2,16)11-12-17(3)13-9-7-5-6-8-10-13/h13H,4-12,16H2,1-3H3. The van der Waals surface area contributed by atoms with Crippen molar-refractivity contribution in [1.29, 1.82) is 0 Å². The van der Waals surface area contributed by atoms with Gasteiger partial charge >= 0.3 is 5.97 Å². The molecule has 4 nitrogen and oxygen atoms in total. The van der Waals surface area contributed by atoms with E-state index < -0.39 is 5.54 Å². The lowest BCUT2D eigenvalue weighted by atomic mass is 9.98. The maximum absolute atomic E-state index is 11.7. The highest BCUT2D eigenvalue weighted by Gasteiger charge is 2.30. The third kappa shape index (κ3) is 5.49. The van der Waals surface area contributed by atoms with Crippen molar-refractivity contribution in [1.82, 2.24) is 4.90 Å². The Morgan fingerprint density at radius 1 is 1.32 bits per heavy atom. The smallest absolute Gasteiger partial charge is 0.325 e. The molecule has 1 unspecified atom stereocenters. The minimum Gasteiger partial charge on any atom is -0.465 e.